The molecule has 3 rings (SSSR count). The van der Waals surface area contributed by atoms with Crippen LogP contribution in [0.4, 0.5) is 5.69 Å². The molecule has 5 heteroatoms. The maximum atomic E-state index is 12.9. The summed E-state index contributed by atoms with van der Waals surface area (Å²) in [7, 11) is 1.55. The van der Waals surface area contributed by atoms with Crippen molar-refractivity contribution in [2.75, 3.05) is 12.4 Å². The van der Waals surface area contributed by atoms with Gasteiger partial charge in [0.05, 0.1) is 18.7 Å². The van der Waals surface area contributed by atoms with Crippen LogP contribution in [0.15, 0.2) is 48.5 Å². The Morgan fingerprint density at radius 2 is 1.85 bits per heavy atom. The largest absolute Gasteiger partial charge is 0.495 e. The minimum absolute atomic E-state index is 0.109. The molecule has 1 N–H and O–H groups in total. The highest BCUT2D eigenvalue weighted by molar-refractivity contribution is 5.97. The highest BCUT2D eigenvalue weighted by atomic mass is 16.5. The number of amides is 1. The zero-order chi connectivity index (χ0) is 18.7. The van der Waals surface area contributed by atoms with Crippen LogP contribution in [0.5, 0.6) is 5.75 Å². The number of esters is 1. The van der Waals surface area contributed by atoms with Gasteiger partial charge in [0.2, 0.25) is 6.10 Å². The minimum Gasteiger partial charge on any atom is -0.495 e. The standard InChI is InChI=1S/C21H23NO4/c1-13-9-10-18(25-3)17(11-13)22-20(23)19(15-7-5-4-6-8-15)26-21(24)16-12-14(16)2/h4-11,14,16,19H,12H2,1-3H3,(H,22,23)/t14-,16+,19+/m0/s1. The zero-order valence-electron chi connectivity index (χ0n) is 15.2. The van der Waals surface area contributed by atoms with Gasteiger partial charge in [-0.3, -0.25) is 9.59 Å². The Kier molecular flexibility index (Phi) is 5.26. The van der Waals surface area contributed by atoms with Crippen LogP contribution in [-0.4, -0.2) is 19.0 Å². The Morgan fingerprint density at radius 1 is 1.15 bits per heavy atom. The highest BCUT2D eigenvalue weighted by Crippen LogP contribution is 2.40. The van der Waals surface area contributed by atoms with Gasteiger partial charge in [-0.2, -0.15) is 0 Å². The van der Waals surface area contributed by atoms with Crippen LogP contribution in [0.1, 0.15) is 30.6 Å². The molecule has 0 saturated heterocycles. The number of aryl methyl sites for hydroxylation is 1. The van der Waals surface area contributed by atoms with Gasteiger partial charge in [0.15, 0.2) is 0 Å². The second kappa shape index (κ2) is 7.60. The number of methoxy groups -OCH3 is 1. The number of carbonyl (C=O) groups is 2. The van der Waals surface area contributed by atoms with Crippen LogP contribution in [0.25, 0.3) is 0 Å². The van der Waals surface area contributed by atoms with E-state index in [4.69, 9.17) is 9.47 Å². The summed E-state index contributed by atoms with van der Waals surface area (Å²) in [6.07, 6.45) is -0.185. The summed E-state index contributed by atoms with van der Waals surface area (Å²) >= 11 is 0. The van der Waals surface area contributed by atoms with Crippen LogP contribution < -0.4 is 10.1 Å². The average Bonchev–Trinajstić information content (AvgIpc) is 3.37. The maximum absolute atomic E-state index is 12.9. The average molecular weight is 353 g/mol. The van der Waals surface area contributed by atoms with E-state index in [1.165, 1.54) is 0 Å². The third-order valence-electron chi connectivity index (χ3n) is 4.60. The van der Waals surface area contributed by atoms with E-state index < -0.39 is 12.0 Å². The van der Waals surface area contributed by atoms with Crippen LogP contribution in [0.3, 0.4) is 0 Å². The lowest BCUT2D eigenvalue weighted by Crippen LogP contribution is -2.26. The molecule has 3 atom stereocenters. The molecule has 1 fully saturated rings. The summed E-state index contributed by atoms with van der Waals surface area (Å²) < 4.78 is 10.9. The lowest BCUT2D eigenvalue weighted by molar-refractivity contribution is -0.156. The molecule has 0 aromatic heterocycles. The predicted octanol–water partition coefficient (Wildman–Crippen LogP) is 3.88. The Bertz CT molecular complexity index is 803. The van der Waals surface area contributed by atoms with E-state index in [-0.39, 0.29) is 11.9 Å². The molecule has 136 valence electrons. The van der Waals surface area contributed by atoms with Crippen LogP contribution in [0, 0.1) is 18.8 Å². The van der Waals surface area contributed by atoms with Crippen molar-refractivity contribution in [3.8, 4) is 5.75 Å². The number of hydrogen-bond acceptors (Lipinski definition) is 4. The van der Waals surface area contributed by atoms with Crippen molar-refractivity contribution in [2.24, 2.45) is 11.8 Å². The molecule has 1 aliphatic rings. The predicted molar refractivity (Wildman–Crippen MR) is 98.9 cm³/mol. The molecule has 1 aliphatic carbocycles. The van der Waals surface area contributed by atoms with Gasteiger partial charge >= 0.3 is 5.97 Å². The fourth-order valence-electron chi connectivity index (χ4n) is 2.87. The first-order chi connectivity index (χ1) is 12.5. The molecule has 1 saturated carbocycles. The Labute approximate surface area is 153 Å². The summed E-state index contributed by atoms with van der Waals surface area (Å²) in [6, 6.07) is 14.6. The number of carbonyl (C=O) groups excluding carboxylic acids is 2. The summed E-state index contributed by atoms with van der Waals surface area (Å²) in [4.78, 5) is 25.2. The number of ether oxygens (including phenoxy) is 2. The van der Waals surface area contributed by atoms with Crippen LogP contribution in [-0.2, 0) is 14.3 Å². The first kappa shape index (κ1) is 18.0. The fourth-order valence-corrected chi connectivity index (χ4v) is 2.87. The first-order valence-electron chi connectivity index (χ1n) is 8.70. The van der Waals surface area contributed by atoms with Crippen molar-refractivity contribution in [3.63, 3.8) is 0 Å². The molecular weight excluding hydrogens is 330 g/mol. The van der Waals surface area contributed by atoms with Gasteiger partial charge in [-0.15, -0.1) is 0 Å². The number of rotatable bonds is 6. The van der Waals surface area contributed by atoms with Gasteiger partial charge in [-0.1, -0.05) is 43.3 Å². The second-order valence-corrected chi connectivity index (χ2v) is 6.74. The molecule has 0 unspecified atom stereocenters. The van der Waals surface area contributed by atoms with E-state index in [2.05, 4.69) is 5.32 Å². The van der Waals surface area contributed by atoms with Crippen molar-refractivity contribution in [3.05, 3.63) is 59.7 Å². The van der Waals surface area contributed by atoms with Gasteiger partial charge in [0.1, 0.15) is 5.75 Å². The second-order valence-electron chi connectivity index (χ2n) is 6.74. The molecule has 2 aromatic rings. The smallest absolute Gasteiger partial charge is 0.310 e. The van der Waals surface area contributed by atoms with Crippen molar-refractivity contribution in [1.29, 1.82) is 0 Å². The molecule has 0 heterocycles. The first-order valence-corrected chi connectivity index (χ1v) is 8.70. The molecule has 0 spiro atoms. The normalized spacial score (nSPS) is 19.3. The molecule has 1 amide bonds. The maximum Gasteiger partial charge on any atom is 0.310 e. The Hall–Kier alpha value is -2.82. The Balaban J connectivity index is 1.83. The van der Waals surface area contributed by atoms with E-state index in [0.29, 0.717) is 22.9 Å². The van der Waals surface area contributed by atoms with Crippen LogP contribution in [0.2, 0.25) is 0 Å². The van der Waals surface area contributed by atoms with E-state index in [9.17, 15) is 9.59 Å². The quantitative estimate of drug-likeness (QED) is 0.801. The summed E-state index contributed by atoms with van der Waals surface area (Å²) in [5.74, 6) is 0.0405. The van der Waals surface area contributed by atoms with Crippen molar-refractivity contribution in [2.45, 2.75) is 26.4 Å². The van der Waals surface area contributed by atoms with Crippen molar-refractivity contribution >= 4 is 17.6 Å². The lowest BCUT2D eigenvalue weighted by Gasteiger charge is -2.19. The highest BCUT2D eigenvalue weighted by Gasteiger charge is 2.42. The van der Waals surface area contributed by atoms with Gasteiger partial charge in [0, 0.05) is 5.56 Å². The van der Waals surface area contributed by atoms with E-state index >= 15 is 0 Å². The molecular formula is C21H23NO4. The van der Waals surface area contributed by atoms with Gasteiger partial charge in [-0.25, -0.2) is 0 Å². The molecule has 0 radical (unpaired) electrons. The third kappa shape index (κ3) is 4.04. The van der Waals surface area contributed by atoms with Gasteiger partial charge in [-0.05, 0) is 37.0 Å². The SMILES string of the molecule is COc1ccc(C)cc1NC(=O)[C@H](OC(=O)[C@@H]1C[C@@H]1C)c1ccccc1. The van der Waals surface area contributed by atoms with Crippen LogP contribution >= 0.6 is 0 Å². The van der Waals surface area contributed by atoms with Crippen molar-refractivity contribution in [1.82, 2.24) is 0 Å². The van der Waals surface area contributed by atoms with E-state index in [0.717, 1.165) is 12.0 Å². The summed E-state index contributed by atoms with van der Waals surface area (Å²) in [5, 5.41) is 2.84. The molecule has 0 bridgehead atoms. The third-order valence-corrected chi connectivity index (χ3v) is 4.60. The number of benzene rings is 2. The van der Waals surface area contributed by atoms with E-state index in [1.807, 2.05) is 44.2 Å². The zero-order valence-corrected chi connectivity index (χ0v) is 15.2. The molecule has 2 aromatic carbocycles. The fraction of sp³-hybridized carbons (Fsp3) is 0.333. The molecule has 26 heavy (non-hydrogen) atoms. The van der Waals surface area contributed by atoms with E-state index in [1.54, 1.807) is 25.3 Å². The number of nitrogens with one attached hydrogen (secondary N) is 1. The number of hydrogen-bond donors (Lipinski definition) is 1. The minimum atomic E-state index is -0.998. The molecule has 5 nitrogen and oxygen atoms in total. The topological polar surface area (TPSA) is 64.6 Å². The lowest BCUT2D eigenvalue weighted by atomic mass is 10.1. The monoisotopic (exact) mass is 353 g/mol. The number of anilines is 1. The van der Waals surface area contributed by atoms with Gasteiger partial charge in [0.25, 0.3) is 5.91 Å². The summed E-state index contributed by atoms with van der Waals surface area (Å²) in [6.45, 7) is 3.93. The van der Waals surface area contributed by atoms with Crippen molar-refractivity contribution < 1.29 is 19.1 Å². The van der Waals surface area contributed by atoms with Gasteiger partial charge < -0.3 is 14.8 Å². The Morgan fingerprint density at radius 3 is 2.46 bits per heavy atom. The summed E-state index contributed by atoms with van der Waals surface area (Å²) in [5.41, 5.74) is 2.17. The molecule has 0 aliphatic heterocycles.